The molecule has 2 aromatic rings. The molecule has 0 aliphatic carbocycles. The molecule has 0 saturated heterocycles. The van der Waals surface area contributed by atoms with Gasteiger partial charge >= 0.3 is 5.97 Å². The van der Waals surface area contributed by atoms with E-state index in [1.54, 1.807) is 36.4 Å². The largest absolute Gasteiger partial charge is 0.493 e. The molecule has 126 valence electrons. The summed E-state index contributed by atoms with van der Waals surface area (Å²) in [6.45, 7) is 0. The monoisotopic (exact) mass is 349 g/mol. The molecular formula is C17H16ClNO5. The average Bonchev–Trinajstić information content (AvgIpc) is 2.61. The number of carbonyl (C=O) groups excluding carboxylic acids is 1. The summed E-state index contributed by atoms with van der Waals surface area (Å²) in [5.74, 6) is 0.829. The summed E-state index contributed by atoms with van der Waals surface area (Å²) in [5, 5.41) is 4.22. The molecule has 2 aromatic carbocycles. The SMILES string of the molecule is COc1cc(C=NOC(=O)c2ccc(Cl)cc2)cc(OC)c1OC. The van der Waals surface area contributed by atoms with E-state index in [-0.39, 0.29) is 0 Å². The Morgan fingerprint density at radius 2 is 1.58 bits per heavy atom. The highest BCUT2D eigenvalue weighted by Crippen LogP contribution is 2.37. The standard InChI is InChI=1S/C17H16ClNO5/c1-21-14-8-11(9-15(22-2)16(14)23-3)10-19-24-17(20)12-4-6-13(18)7-5-12/h4-10H,1-3H3. The highest BCUT2D eigenvalue weighted by Gasteiger charge is 2.12. The number of rotatable bonds is 6. The number of oxime groups is 1. The molecule has 0 N–H and O–H groups in total. The summed E-state index contributed by atoms with van der Waals surface area (Å²) in [6, 6.07) is 9.67. The summed E-state index contributed by atoms with van der Waals surface area (Å²) >= 11 is 5.77. The van der Waals surface area contributed by atoms with Gasteiger partial charge in [-0.25, -0.2) is 4.79 Å². The van der Waals surface area contributed by atoms with Crippen molar-refractivity contribution in [2.45, 2.75) is 0 Å². The molecule has 0 bridgehead atoms. The number of nitrogens with zero attached hydrogens (tertiary/aromatic N) is 1. The molecule has 0 fully saturated rings. The Morgan fingerprint density at radius 3 is 2.08 bits per heavy atom. The van der Waals surface area contributed by atoms with Crippen LogP contribution in [0.3, 0.4) is 0 Å². The minimum atomic E-state index is -0.588. The number of benzene rings is 2. The maximum absolute atomic E-state index is 11.8. The van der Waals surface area contributed by atoms with Gasteiger partial charge in [-0.2, -0.15) is 0 Å². The lowest BCUT2D eigenvalue weighted by atomic mass is 10.2. The molecule has 0 heterocycles. The number of hydrogen-bond acceptors (Lipinski definition) is 6. The van der Waals surface area contributed by atoms with Crippen LogP contribution in [0, 0.1) is 0 Å². The zero-order valence-corrected chi connectivity index (χ0v) is 14.2. The van der Waals surface area contributed by atoms with Gasteiger partial charge in [-0.05, 0) is 36.4 Å². The first-order valence-corrected chi connectivity index (χ1v) is 7.27. The van der Waals surface area contributed by atoms with Gasteiger partial charge in [-0.15, -0.1) is 0 Å². The van der Waals surface area contributed by atoms with Gasteiger partial charge in [-0.1, -0.05) is 16.8 Å². The second-order valence-electron chi connectivity index (χ2n) is 4.58. The molecule has 24 heavy (non-hydrogen) atoms. The van der Waals surface area contributed by atoms with E-state index < -0.39 is 5.97 Å². The summed E-state index contributed by atoms with van der Waals surface area (Å²) in [7, 11) is 4.54. The van der Waals surface area contributed by atoms with Gasteiger partial charge in [0.15, 0.2) is 11.5 Å². The Bertz CT molecular complexity index is 718. The fourth-order valence-corrected chi connectivity index (χ4v) is 2.08. The van der Waals surface area contributed by atoms with E-state index in [9.17, 15) is 4.79 Å². The molecule has 0 unspecified atom stereocenters. The van der Waals surface area contributed by atoms with E-state index in [1.807, 2.05) is 0 Å². The first kappa shape index (κ1) is 17.6. The minimum Gasteiger partial charge on any atom is -0.493 e. The number of ether oxygens (including phenoxy) is 3. The third-order valence-electron chi connectivity index (χ3n) is 3.10. The lowest BCUT2D eigenvalue weighted by Crippen LogP contribution is -2.01. The quantitative estimate of drug-likeness (QED) is 0.453. The molecule has 2 rings (SSSR count). The highest BCUT2D eigenvalue weighted by molar-refractivity contribution is 6.30. The van der Waals surface area contributed by atoms with E-state index in [4.69, 9.17) is 30.6 Å². The van der Waals surface area contributed by atoms with Crippen molar-refractivity contribution in [3.8, 4) is 17.2 Å². The summed E-state index contributed by atoms with van der Waals surface area (Å²) in [5.41, 5.74) is 0.967. The molecular weight excluding hydrogens is 334 g/mol. The summed E-state index contributed by atoms with van der Waals surface area (Å²) in [6.07, 6.45) is 1.37. The van der Waals surface area contributed by atoms with Gasteiger partial charge < -0.3 is 19.0 Å². The van der Waals surface area contributed by atoms with Gasteiger partial charge in [-0.3, -0.25) is 0 Å². The normalized spacial score (nSPS) is 10.5. The second-order valence-corrected chi connectivity index (χ2v) is 5.02. The Morgan fingerprint density at radius 1 is 1.00 bits per heavy atom. The zero-order chi connectivity index (χ0) is 17.5. The van der Waals surface area contributed by atoms with Crippen LogP contribution in [0.15, 0.2) is 41.6 Å². The molecule has 0 aromatic heterocycles. The third kappa shape index (κ3) is 4.17. The van der Waals surface area contributed by atoms with Crippen molar-refractivity contribution in [3.05, 3.63) is 52.5 Å². The maximum Gasteiger partial charge on any atom is 0.365 e. The van der Waals surface area contributed by atoms with E-state index in [0.717, 1.165) is 0 Å². The van der Waals surface area contributed by atoms with E-state index in [1.165, 1.54) is 27.5 Å². The number of hydrogen-bond donors (Lipinski definition) is 0. The van der Waals surface area contributed by atoms with Crippen molar-refractivity contribution in [3.63, 3.8) is 0 Å². The van der Waals surface area contributed by atoms with Crippen LogP contribution in [0.5, 0.6) is 17.2 Å². The Hall–Kier alpha value is -2.73. The van der Waals surface area contributed by atoms with Gasteiger partial charge in [0.05, 0.1) is 33.1 Å². The molecule has 0 aliphatic heterocycles. The first-order valence-electron chi connectivity index (χ1n) is 6.89. The van der Waals surface area contributed by atoms with Gasteiger partial charge in [0.2, 0.25) is 5.75 Å². The van der Waals surface area contributed by atoms with E-state index in [2.05, 4.69) is 5.16 Å². The van der Waals surface area contributed by atoms with Crippen molar-refractivity contribution >= 4 is 23.8 Å². The zero-order valence-electron chi connectivity index (χ0n) is 13.4. The average molecular weight is 350 g/mol. The van der Waals surface area contributed by atoms with Crippen LogP contribution >= 0.6 is 11.6 Å². The van der Waals surface area contributed by atoms with Crippen LogP contribution in [0.4, 0.5) is 0 Å². The van der Waals surface area contributed by atoms with Crippen molar-refractivity contribution in [2.75, 3.05) is 21.3 Å². The molecule has 0 saturated carbocycles. The predicted octanol–water partition coefficient (Wildman–Crippen LogP) is 3.56. The highest BCUT2D eigenvalue weighted by atomic mass is 35.5. The number of halogens is 1. The van der Waals surface area contributed by atoms with Crippen LogP contribution in [-0.2, 0) is 4.84 Å². The van der Waals surface area contributed by atoms with Crippen LogP contribution < -0.4 is 14.2 Å². The number of methoxy groups -OCH3 is 3. The first-order chi connectivity index (χ1) is 11.6. The summed E-state index contributed by atoms with van der Waals surface area (Å²) < 4.78 is 15.7. The molecule has 0 amide bonds. The molecule has 0 aliphatic rings. The lowest BCUT2D eigenvalue weighted by Gasteiger charge is -2.12. The summed E-state index contributed by atoms with van der Waals surface area (Å²) in [4.78, 5) is 16.7. The maximum atomic E-state index is 11.8. The van der Waals surface area contributed by atoms with Crippen LogP contribution in [0.2, 0.25) is 5.02 Å². The lowest BCUT2D eigenvalue weighted by molar-refractivity contribution is 0.0519. The third-order valence-corrected chi connectivity index (χ3v) is 3.36. The molecule has 6 nitrogen and oxygen atoms in total. The fourth-order valence-electron chi connectivity index (χ4n) is 1.95. The molecule has 0 atom stereocenters. The van der Waals surface area contributed by atoms with Crippen LogP contribution in [-0.4, -0.2) is 33.5 Å². The topological polar surface area (TPSA) is 66.4 Å². The van der Waals surface area contributed by atoms with Gasteiger partial charge in [0.25, 0.3) is 0 Å². The van der Waals surface area contributed by atoms with Crippen LogP contribution in [0.25, 0.3) is 0 Å². The smallest absolute Gasteiger partial charge is 0.365 e. The predicted molar refractivity (Wildman–Crippen MR) is 90.6 cm³/mol. The fraction of sp³-hybridized carbons (Fsp3) is 0.176. The van der Waals surface area contributed by atoms with Crippen molar-refractivity contribution in [1.29, 1.82) is 0 Å². The van der Waals surface area contributed by atoms with Crippen molar-refractivity contribution < 1.29 is 23.8 Å². The Balaban J connectivity index is 2.14. The van der Waals surface area contributed by atoms with E-state index >= 15 is 0 Å². The molecule has 0 radical (unpaired) electrons. The molecule has 0 spiro atoms. The Labute approximate surface area is 144 Å². The van der Waals surface area contributed by atoms with E-state index in [0.29, 0.717) is 33.4 Å². The Kier molecular flexibility index (Phi) is 6.03. The second kappa shape index (κ2) is 8.21. The van der Waals surface area contributed by atoms with Gasteiger partial charge in [0, 0.05) is 10.6 Å². The van der Waals surface area contributed by atoms with Crippen molar-refractivity contribution in [1.82, 2.24) is 0 Å². The minimum absolute atomic E-state index is 0.349. The van der Waals surface area contributed by atoms with Crippen molar-refractivity contribution in [2.24, 2.45) is 5.16 Å². The molecule has 7 heteroatoms. The number of carbonyl (C=O) groups is 1. The van der Waals surface area contributed by atoms with Gasteiger partial charge in [0.1, 0.15) is 0 Å². The van der Waals surface area contributed by atoms with Crippen LogP contribution in [0.1, 0.15) is 15.9 Å².